The van der Waals surface area contributed by atoms with E-state index in [0.717, 1.165) is 37.9 Å². The van der Waals surface area contributed by atoms with Gasteiger partial charge in [0.15, 0.2) is 0 Å². The Bertz CT molecular complexity index is 3160. The summed E-state index contributed by atoms with van der Waals surface area (Å²) in [5, 5.41) is 8.43. The minimum absolute atomic E-state index is 0.675. The second-order valence-corrected chi connectivity index (χ2v) is 14.5. The molecule has 0 fully saturated rings. The van der Waals surface area contributed by atoms with Crippen LogP contribution in [0.1, 0.15) is 0 Å². The van der Waals surface area contributed by atoms with E-state index in [0.29, 0.717) is 5.95 Å². The molecule has 0 aliphatic carbocycles. The molecule has 242 valence electrons. The van der Waals surface area contributed by atoms with Crippen LogP contribution in [0.4, 0.5) is 0 Å². The average molecular weight is 680 g/mol. The van der Waals surface area contributed by atoms with E-state index in [1.165, 1.54) is 59.3 Å². The smallest absolute Gasteiger partial charge is 0.235 e. The average Bonchev–Trinajstić information content (AvgIpc) is 3.75. The maximum atomic E-state index is 5.46. The van der Waals surface area contributed by atoms with Crippen LogP contribution in [0, 0.1) is 0 Å². The topological polar surface area (TPSA) is 30.7 Å². The molecule has 11 rings (SSSR count). The normalized spacial score (nSPS) is 11.8. The molecule has 0 bridgehead atoms. The van der Waals surface area contributed by atoms with E-state index >= 15 is 0 Å². The first-order valence-electron chi connectivity index (χ1n) is 17.6. The highest BCUT2D eigenvalue weighted by molar-refractivity contribution is 7.26. The van der Waals surface area contributed by atoms with E-state index in [2.05, 4.69) is 180 Å². The van der Waals surface area contributed by atoms with E-state index < -0.39 is 0 Å². The first-order valence-corrected chi connectivity index (χ1v) is 18.4. The summed E-state index contributed by atoms with van der Waals surface area (Å²) in [7, 11) is 0. The van der Waals surface area contributed by atoms with Gasteiger partial charge in [-0.25, -0.2) is 9.97 Å². The lowest BCUT2D eigenvalue weighted by Gasteiger charge is -2.10. The van der Waals surface area contributed by atoms with Gasteiger partial charge in [-0.2, -0.15) is 0 Å². The number of nitrogens with zero attached hydrogens (tertiary/aromatic N) is 3. The highest BCUT2D eigenvalue weighted by Gasteiger charge is 2.21. The Kier molecular flexibility index (Phi) is 6.42. The highest BCUT2D eigenvalue weighted by Crippen LogP contribution is 2.43. The third kappa shape index (κ3) is 4.51. The molecule has 3 heterocycles. The van der Waals surface area contributed by atoms with Crippen LogP contribution in [0.5, 0.6) is 0 Å². The third-order valence-electron chi connectivity index (χ3n) is 10.4. The van der Waals surface area contributed by atoms with Crippen LogP contribution in [0.3, 0.4) is 0 Å². The zero-order valence-corrected chi connectivity index (χ0v) is 28.8. The van der Waals surface area contributed by atoms with Crippen LogP contribution < -0.4 is 0 Å². The SMILES string of the molecule is c1ccc(-c2ccc(-c3ccc4c(c3)c3c5ccccc5ccc3n4-c3nc(-c4ccccc4)c4sc5cc6ccccc6cc5c4n3)cc2)cc1. The second-order valence-electron chi connectivity index (χ2n) is 13.4. The van der Waals surface area contributed by atoms with Crippen LogP contribution in [-0.2, 0) is 0 Å². The number of rotatable bonds is 4. The Labute approximate surface area is 303 Å². The van der Waals surface area contributed by atoms with Gasteiger partial charge in [-0.05, 0) is 74.1 Å². The molecule has 0 aliphatic rings. The number of aromatic nitrogens is 3. The molecule has 0 saturated heterocycles. The van der Waals surface area contributed by atoms with Crippen molar-refractivity contribution in [3.05, 3.63) is 176 Å². The number of hydrogen-bond donors (Lipinski definition) is 0. The van der Waals surface area contributed by atoms with Crippen LogP contribution in [0.15, 0.2) is 176 Å². The first-order chi connectivity index (χ1) is 25.8. The zero-order chi connectivity index (χ0) is 34.2. The fourth-order valence-corrected chi connectivity index (χ4v) is 9.06. The molecule has 0 spiro atoms. The predicted octanol–water partition coefficient (Wildman–Crippen LogP) is 13.2. The summed E-state index contributed by atoms with van der Waals surface area (Å²) in [6.07, 6.45) is 0. The molecule has 0 amide bonds. The highest BCUT2D eigenvalue weighted by atomic mass is 32.1. The fraction of sp³-hybridized carbons (Fsp3) is 0. The first kappa shape index (κ1) is 29.1. The maximum absolute atomic E-state index is 5.46. The predicted molar refractivity (Wildman–Crippen MR) is 221 cm³/mol. The van der Waals surface area contributed by atoms with Crippen molar-refractivity contribution >= 4 is 75.0 Å². The Morgan fingerprint density at radius 1 is 0.404 bits per heavy atom. The summed E-state index contributed by atoms with van der Waals surface area (Å²) in [5.41, 5.74) is 9.99. The van der Waals surface area contributed by atoms with Gasteiger partial charge in [0, 0.05) is 26.4 Å². The molecule has 3 nitrogen and oxygen atoms in total. The van der Waals surface area contributed by atoms with E-state index in [1.54, 1.807) is 11.3 Å². The summed E-state index contributed by atoms with van der Waals surface area (Å²) in [5.74, 6) is 0.675. The molecule has 0 N–H and O–H groups in total. The quantitative estimate of drug-likeness (QED) is 0.185. The van der Waals surface area contributed by atoms with Crippen LogP contribution in [-0.4, -0.2) is 14.5 Å². The van der Waals surface area contributed by atoms with Gasteiger partial charge in [0.2, 0.25) is 5.95 Å². The molecule has 4 heteroatoms. The van der Waals surface area contributed by atoms with Gasteiger partial charge < -0.3 is 0 Å². The van der Waals surface area contributed by atoms with Gasteiger partial charge in [-0.1, -0.05) is 146 Å². The second kappa shape index (κ2) is 11.5. The molecule has 0 atom stereocenters. The third-order valence-corrected chi connectivity index (χ3v) is 11.5. The van der Waals surface area contributed by atoms with Crippen molar-refractivity contribution in [1.82, 2.24) is 14.5 Å². The van der Waals surface area contributed by atoms with Crippen molar-refractivity contribution in [1.29, 1.82) is 0 Å². The minimum Gasteiger partial charge on any atom is -0.278 e. The molecule has 0 radical (unpaired) electrons. The van der Waals surface area contributed by atoms with Crippen molar-refractivity contribution in [2.24, 2.45) is 0 Å². The molecule has 0 unspecified atom stereocenters. The maximum Gasteiger partial charge on any atom is 0.235 e. The molecule has 8 aromatic carbocycles. The Morgan fingerprint density at radius 3 is 1.77 bits per heavy atom. The molecule has 52 heavy (non-hydrogen) atoms. The molecule has 11 aromatic rings. The number of benzene rings is 8. The molecule has 0 aliphatic heterocycles. The van der Waals surface area contributed by atoms with Crippen LogP contribution >= 0.6 is 11.3 Å². The number of hydrogen-bond acceptors (Lipinski definition) is 3. The van der Waals surface area contributed by atoms with Crippen molar-refractivity contribution < 1.29 is 0 Å². The van der Waals surface area contributed by atoms with Gasteiger partial charge in [0.1, 0.15) is 0 Å². The summed E-state index contributed by atoms with van der Waals surface area (Å²) in [6, 6.07) is 63.1. The molecule has 3 aromatic heterocycles. The van der Waals surface area contributed by atoms with Crippen molar-refractivity contribution in [3.63, 3.8) is 0 Å². The minimum atomic E-state index is 0.675. The Balaban J connectivity index is 1.19. The Morgan fingerprint density at radius 2 is 1.00 bits per heavy atom. The van der Waals surface area contributed by atoms with E-state index in [9.17, 15) is 0 Å². The summed E-state index contributed by atoms with van der Waals surface area (Å²) in [4.78, 5) is 10.9. The van der Waals surface area contributed by atoms with Gasteiger partial charge in [-0.3, -0.25) is 4.57 Å². The van der Waals surface area contributed by atoms with Crippen molar-refractivity contribution in [2.75, 3.05) is 0 Å². The van der Waals surface area contributed by atoms with E-state index in [-0.39, 0.29) is 0 Å². The zero-order valence-electron chi connectivity index (χ0n) is 28.0. The lowest BCUT2D eigenvalue weighted by atomic mass is 9.98. The van der Waals surface area contributed by atoms with E-state index in [4.69, 9.17) is 9.97 Å². The lowest BCUT2D eigenvalue weighted by molar-refractivity contribution is 1.02. The standard InChI is InChI=1S/C48H29N3S/c1-3-11-30(12-4-1)31-19-21-32(22-20-31)37-24-25-41-39(27-37)44-38-18-10-9-13-33(38)23-26-42(44)51(41)48-49-45(34-14-5-2-6-15-34)47-46(50-48)40-28-35-16-7-8-17-36(35)29-43(40)52-47/h1-29H. The van der Waals surface area contributed by atoms with Gasteiger partial charge >= 0.3 is 0 Å². The largest absolute Gasteiger partial charge is 0.278 e. The summed E-state index contributed by atoms with van der Waals surface area (Å²) < 4.78 is 4.59. The monoisotopic (exact) mass is 679 g/mol. The van der Waals surface area contributed by atoms with Gasteiger partial charge in [0.25, 0.3) is 0 Å². The van der Waals surface area contributed by atoms with Crippen molar-refractivity contribution in [2.45, 2.75) is 0 Å². The molecular formula is C48H29N3S. The van der Waals surface area contributed by atoms with E-state index in [1.807, 2.05) is 0 Å². The summed E-state index contributed by atoms with van der Waals surface area (Å²) >= 11 is 1.78. The van der Waals surface area contributed by atoms with Crippen LogP contribution in [0.2, 0.25) is 0 Å². The molecule has 0 saturated carbocycles. The van der Waals surface area contributed by atoms with Gasteiger partial charge in [0.05, 0.1) is 26.9 Å². The molecular weight excluding hydrogens is 651 g/mol. The lowest BCUT2D eigenvalue weighted by Crippen LogP contribution is -2.02. The number of thiophene rings is 1. The number of fused-ring (bicyclic) bond motifs is 9. The van der Waals surface area contributed by atoms with Crippen molar-refractivity contribution in [3.8, 4) is 39.5 Å². The summed E-state index contributed by atoms with van der Waals surface area (Å²) in [6.45, 7) is 0. The van der Waals surface area contributed by atoms with Gasteiger partial charge in [-0.15, -0.1) is 11.3 Å². The van der Waals surface area contributed by atoms with Crippen LogP contribution in [0.25, 0.3) is 103 Å². The Hall–Kier alpha value is -6.62. The fourth-order valence-electron chi connectivity index (χ4n) is 7.88.